The molecule has 0 aliphatic carbocycles. The van der Waals surface area contributed by atoms with Gasteiger partial charge in [0.1, 0.15) is 0 Å². The summed E-state index contributed by atoms with van der Waals surface area (Å²) in [5, 5.41) is 3.02. The molecule has 1 amide bonds. The van der Waals surface area contributed by atoms with Crippen molar-refractivity contribution in [3.8, 4) is 0 Å². The van der Waals surface area contributed by atoms with Crippen LogP contribution in [-0.2, 0) is 14.8 Å². The molecule has 12 heteroatoms. The van der Waals surface area contributed by atoms with Crippen LogP contribution in [0, 0.1) is 5.92 Å². The van der Waals surface area contributed by atoms with Gasteiger partial charge in [-0.25, -0.2) is 13.2 Å². The standard InChI is InChI=1S/C26H28ClN5O5S/c1-38(35,36)31-20-14-22(25(33)18-2-4-19(27)5-3-18)24(23(28)15-20)30-26(34)37-16-17-8-12-32(13-9-17)21-6-10-29-11-7-21/h2-7,10-11,14-15,17,31H,8-9,12-13,16,28H2,1H3,(H,30,34). The Balaban J connectivity index is 1.45. The molecule has 0 radical (unpaired) electrons. The highest BCUT2D eigenvalue weighted by atomic mass is 35.5. The molecule has 1 aliphatic heterocycles. The van der Waals surface area contributed by atoms with Crippen molar-refractivity contribution in [1.29, 1.82) is 0 Å². The average molecular weight is 558 g/mol. The van der Waals surface area contributed by atoms with Gasteiger partial charge in [-0.2, -0.15) is 0 Å². The second-order valence-electron chi connectivity index (χ2n) is 9.06. The van der Waals surface area contributed by atoms with Crippen LogP contribution in [0.2, 0.25) is 5.02 Å². The number of amides is 1. The van der Waals surface area contributed by atoms with Crippen molar-refractivity contribution in [3.63, 3.8) is 0 Å². The van der Waals surface area contributed by atoms with E-state index in [1.54, 1.807) is 24.5 Å². The Morgan fingerprint density at radius 2 is 1.76 bits per heavy atom. The lowest BCUT2D eigenvalue weighted by Gasteiger charge is -2.33. The van der Waals surface area contributed by atoms with E-state index in [0.29, 0.717) is 5.02 Å². The first kappa shape index (κ1) is 27.2. The van der Waals surface area contributed by atoms with Gasteiger partial charge in [-0.05, 0) is 67.3 Å². The summed E-state index contributed by atoms with van der Waals surface area (Å²) in [6, 6.07) is 12.7. The van der Waals surface area contributed by atoms with Gasteiger partial charge in [-0.1, -0.05) is 11.6 Å². The molecular formula is C26H28ClN5O5S. The number of anilines is 4. The lowest BCUT2D eigenvalue weighted by molar-refractivity contribution is 0.103. The number of halogens is 1. The Kier molecular flexibility index (Phi) is 8.38. The number of ether oxygens (including phenoxy) is 1. The van der Waals surface area contributed by atoms with Crippen LogP contribution < -0.4 is 20.7 Å². The second-order valence-corrected chi connectivity index (χ2v) is 11.2. The van der Waals surface area contributed by atoms with Gasteiger partial charge in [-0.3, -0.25) is 19.8 Å². The molecule has 1 aliphatic rings. The van der Waals surface area contributed by atoms with Crippen LogP contribution in [0.5, 0.6) is 0 Å². The van der Waals surface area contributed by atoms with Crippen LogP contribution in [0.25, 0.3) is 0 Å². The van der Waals surface area contributed by atoms with Gasteiger partial charge in [0.25, 0.3) is 0 Å². The maximum absolute atomic E-state index is 13.3. The van der Waals surface area contributed by atoms with Gasteiger partial charge in [0.05, 0.1) is 35.5 Å². The van der Waals surface area contributed by atoms with Crippen molar-refractivity contribution < 1.29 is 22.7 Å². The smallest absolute Gasteiger partial charge is 0.411 e. The topological polar surface area (TPSA) is 144 Å². The van der Waals surface area contributed by atoms with E-state index in [0.717, 1.165) is 37.9 Å². The van der Waals surface area contributed by atoms with Gasteiger partial charge in [0, 0.05) is 41.8 Å². The molecule has 4 N–H and O–H groups in total. The first-order valence-electron chi connectivity index (χ1n) is 11.9. The Hall–Kier alpha value is -3.83. The highest BCUT2D eigenvalue weighted by molar-refractivity contribution is 7.92. The monoisotopic (exact) mass is 557 g/mol. The van der Waals surface area contributed by atoms with Crippen LogP contribution in [0.3, 0.4) is 0 Å². The maximum atomic E-state index is 13.3. The van der Waals surface area contributed by atoms with Crippen LogP contribution in [0.1, 0.15) is 28.8 Å². The van der Waals surface area contributed by atoms with Gasteiger partial charge in [0.2, 0.25) is 10.0 Å². The van der Waals surface area contributed by atoms with Crippen molar-refractivity contribution in [2.24, 2.45) is 5.92 Å². The number of benzene rings is 2. The molecule has 200 valence electrons. The zero-order valence-corrected chi connectivity index (χ0v) is 22.3. The molecule has 0 unspecified atom stereocenters. The molecule has 3 aromatic rings. The number of nitrogen functional groups attached to an aromatic ring is 1. The highest BCUT2D eigenvalue weighted by Gasteiger charge is 2.23. The first-order chi connectivity index (χ1) is 18.1. The highest BCUT2D eigenvalue weighted by Crippen LogP contribution is 2.31. The van der Waals surface area contributed by atoms with Crippen molar-refractivity contribution in [2.45, 2.75) is 12.8 Å². The number of carbonyl (C=O) groups is 2. The Morgan fingerprint density at radius 3 is 2.39 bits per heavy atom. The summed E-state index contributed by atoms with van der Waals surface area (Å²) in [7, 11) is -3.64. The van der Waals surface area contributed by atoms with Crippen LogP contribution >= 0.6 is 11.6 Å². The number of nitrogens with zero attached hydrogens (tertiary/aromatic N) is 2. The minimum absolute atomic E-state index is 0.00100. The third-order valence-electron chi connectivity index (χ3n) is 6.14. The normalized spacial score (nSPS) is 14.1. The fourth-order valence-corrected chi connectivity index (χ4v) is 4.93. The minimum atomic E-state index is -3.64. The molecule has 2 heterocycles. The number of nitrogens with one attached hydrogen (secondary N) is 2. The van der Waals surface area contributed by atoms with Crippen molar-refractivity contribution >= 4 is 56.3 Å². The summed E-state index contributed by atoms with van der Waals surface area (Å²) in [5.74, 6) is -0.294. The quantitative estimate of drug-likeness (QED) is 0.273. The molecule has 0 bridgehead atoms. The third-order valence-corrected chi connectivity index (χ3v) is 7.00. The van der Waals surface area contributed by atoms with E-state index < -0.39 is 21.9 Å². The number of sulfonamides is 1. The molecular weight excluding hydrogens is 530 g/mol. The maximum Gasteiger partial charge on any atom is 0.411 e. The number of aromatic nitrogens is 1. The van der Waals surface area contributed by atoms with E-state index in [9.17, 15) is 18.0 Å². The van der Waals surface area contributed by atoms with Crippen molar-refractivity contribution in [1.82, 2.24) is 4.98 Å². The Labute approximate surface area is 226 Å². The lowest BCUT2D eigenvalue weighted by atomic mass is 9.97. The molecule has 0 saturated carbocycles. The Morgan fingerprint density at radius 1 is 1.11 bits per heavy atom. The SMILES string of the molecule is CS(=O)(=O)Nc1cc(N)c(NC(=O)OCC2CCN(c3ccncc3)CC2)c(C(=O)c2ccc(Cl)cc2)c1. The summed E-state index contributed by atoms with van der Waals surface area (Å²) in [5.41, 5.74) is 7.66. The molecule has 4 rings (SSSR count). The number of hydrogen-bond acceptors (Lipinski definition) is 8. The molecule has 38 heavy (non-hydrogen) atoms. The number of carbonyl (C=O) groups excluding carboxylic acids is 2. The van der Waals surface area contributed by atoms with Crippen molar-refractivity contribution in [3.05, 3.63) is 77.1 Å². The van der Waals surface area contributed by atoms with Gasteiger partial charge in [0.15, 0.2) is 5.78 Å². The van der Waals surface area contributed by atoms with Crippen molar-refractivity contribution in [2.75, 3.05) is 46.6 Å². The molecule has 0 spiro atoms. The molecule has 2 aromatic carbocycles. The lowest BCUT2D eigenvalue weighted by Crippen LogP contribution is -2.35. The zero-order valence-electron chi connectivity index (χ0n) is 20.7. The number of piperidine rings is 1. The first-order valence-corrected chi connectivity index (χ1v) is 14.2. The fourth-order valence-electron chi connectivity index (χ4n) is 4.26. The largest absolute Gasteiger partial charge is 0.449 e. The average Bonchev–Trinajstić information content (AvgIpc) is 2.89. The number of ketones is 1. The zero-order chi connectivity index (χ0) is 27.3. The van der Waals surface area contributed by atoms with Crippen LogP contribution in [0.4, 0.5) is 27.5 Å². The number of pyridine rings is 1. The van der Waals surface area contributed by atoms with Crippen LogP contribution in [0.15, 0.2) is 60.9 Å². The van der Waals surface area contributed by atoms with Gasteiger partial charge >= 0.3 is 6.09 Å². The van der Waals surface area contributed by atoms with Crippen LogP contribution in [-0.4, -0.2) is 51.2 Å². The molecule has 1 fully saturated rings. The summed E-state index contributed by atoms with van der Waals surface area (Å²) in [6.07, 6.45) is 5.44. The number of hydrogen-bond donors (Lipinski definition) is 3. The summed E-state index contributed by atoms with van der Waals surface area (Å²) >= 11 is 5.94. The summed E-state index contributed by atoms with van der Waals surface area (Å²) in [6.45, 7) is 1.88. The third kappa shape index (κ3) is 7.14. The van der Waals surface area contributed by atoms with E-state index >= 15 is 0 Å². The van der Waals surface area contributed by atoms with Gasteiger partial charge < -0.3 is 15.4 Å². The fraction of sp³-hybridized carbons (Fsp3) is 0.269. The molecule has 0 atom stereocenters. The Bertz CT molecular complexity index is 1410. The summed E-state index contributed by atoms with van der Waals surface area (Å²) in [4.78, 5) is 32.3. The molecule has 10 nitrogen and oxygen atoms in total. The number of nitrogens with two attached hydrogens (primary N) is 1. The predicted octanol–water partition coefficient (Wildman–Crippen LogP) is 4.38. The molecule has 1 saturated heterocycles. The van der Waals surface area contributed by atoms with E-state index in [1.807, 2.05) is 12.1 Å². The predicted molar refractivity (Wildman–Crippen MR) is 148 cm³/mol. The van der Waals surface area contributed by atoms with E-state index in [1.165, 1.54) is 24.3 Å². The van der Waals surface area contributed by atoms with Gasteiger partial charge in [-0.15, -0.1) is 0 Å². The number of rotatable bonds is 8. The second kappa shape index (κ2) is 11.7. The van der Waals surface area contributed by atoms with E-state index in [4.69, 9.17) is 22.1 Å². The minimum Gasteiger partial charge on any atom is -0.449 e. The molecule has 1 aromatic heterocycles. The van der Waals surface area contributed by atoms with E-state index in [-0.39, 0.29) is 40.7 Å². The van der Waals surface area contributed by atoms with E-state index in [2.05, 4.69) is 19.9 Å². The summed E-state index contributed by atoms with van der Waals surface area (Å²) < 4.78 is 31.3.